The smallest absolute Gasteiger partial charge is 0.251 e. The van der Waals surface area contributed by atoms with Gasteiger partial charge in [-0.25, -0.2) is 0 Å². The van der Waals surface area contributed by atoms with E-state index in [9.17, 15) is 4.79 Å². The monoisotopic (exact) mass is 515 g/mol. The van der Waals surface area contributed by atoms with Crippen molar-refractivity contribution >= 4 is 35.8 Å². The van der Waals surface area contributed by atoms with Crippen molar-refractivity contribution in [2.45, 2.75) is 65.1 Å². The lowest BCUT2D eigenvalue weighted by atomic mass is 10.1. The van der Waals surface area contributed by atoms with E-state index >= 15 is 0 Å². The number of nitrogens with zero attached hydrogens (tertiary/aromatic N) is 2. The summed E-state index contributed by atoms with van der Waals surface area (Å²) in [6.07, 6.45) is 4.43. The maximum Gasteiger partial charge on any atom is 0.251 e. The first kappa shape index (κ1) is 25.7. The molecule has 0 aromatic heterocycles. The molecule has 3 N–H and O–H groups in total. The molecule has 2 rings (SSSR count). The van der Waals surface area contributed by atoms with Crippen LogP contribution in [0.2, 0.25) is 0 Å². The zero-order chi connectivity index (χ0) is 20.4. The van der Waals surface area contributed by atoms with E-state index in [1.807, 2.05) is 31.2 Å². The molecule has 164 valence electrons. The number of nitrogens with one attached hydrogen (secondary N) is 3. The molecule has 0 bridgehead atoms. The third-order valence-corrected chi connectivity index (χ3v) is 5.33. The van der Waals surface area contributed by atoms with Gasteiger partial charge >= 0.3 is 0 Å². The Morgan fingerprint density at radius 3 is 2.62 bits per heavy atom. The van der Waals surface area contributed by atoms with E-state index in [0.29, 0.717) is 18.2 Å². The molecule has 1 aromatic rings. The van der Waals surface area contributed by atoms with Gasteiger partial charge < -0.3 is 20.9 Å². The molecule has 0 spiro atoms. The third kappa shape index (κ3) is 8.90. The number of hydrogen-bond donors (Lipinski definition) is 3. The van der Waals surface area contributed by atoms with Gasteiger partial charge in [0, 0.05) is 44.3 Å². The van der Waals surface area contributed by atoms with Gasteiger partial charge in [0.15, 0.2) is 5.96 Å². The summed E-state index contributed by atoms with van der Waals surface area (Å²) >= 11 is 0. The SMILES string of the molecule is CCCN1CCC(NC(=NC)NCc2cccc(C(=O)NC(C)CC)c2)CC1.I. The zero-order valence-electron chi connectivity index (χ0n) is 18.3. The molecular weight excluding hydrogens is 477 g/mol. The van der Waals surface area contributed by atoms with Crippen molar-refractivity contribution in [1.29, 1.82) is 0 Å². The van der Waals surface area contributed by atoms with Gasteiger partial charge in [-0.1, -0.05) is 26.0 Å². The Balaban J connectivity index is 0.00000420. The van der Waals surface area contributed by atoms with Gasteiger partial charge in [0.2, 0.25) is 0 Å². The molecule has 29 heavy (non-hydrogen) atoms. The Morgan fingerprint density at radius 2 is 2.00 bits per heavy atom. The summed E-state index contributed by atoms with van der Waals surface area (Å²) in [7, 11) is 1.80. The second-order valence-corrected chi connectivity index (χ2v) is 7.67. The topological polar surface area (TPSA) is 68.8 Å². The summed E-state index contributed by atoms with van der Waals surface area (Å²) in [6.45, 7) is 10.5. The lowest BCUT2D eigenvalue weighted by molar-refractivity contribution is 0.0939. The van der Waals surface area contributed by atoms with Crippen molar-refractivity contribution in [3.05, 3.63) is 35.4 Å². The predicted molar refractivity (Wildman–Crippen MR) is 132 cm³/mol. The van der Waals surface area contributed by atoms with Gasteiger partial charge in [0.1, 0.15) is 0 Å². The molecule has 0 aliphatic carbocycles. The Kier molecular flexibility index (Phi) is 12.2. The van der Waals surface area contributed by atoms with Crippen LogP contribution in [0.5, 0.6) is 0 Å². The summed E-state index contributed by atoms with van der Waals surface area (Å²) in [6, 6.07) is 8.42. The van der Waals surface area contributed by atoms with E-state index in [4.69, 9.17) is 0 Å². The average Bonchev–Trinajstić information content (AvgIpc) is 2.72. The Morgan fingerprint density at radius 1 is 1.28 bits per heavy atom. The summed E-state index contributed by atoms with van der Waals surface area (Å²) in [5, 5.41) is 9.94. The molecule has 6 nitrogen and oxygen atoms in total. The van der Waals surface area contributed by atoms with Gasteiger partial charge in [-0.2, -0.15) is 0 Å². The van der Waals surface area contributed by atoms with Crippen molar-refractivity contribution in [2.75, 3.05) is 26.7 Å². The minimum Gasteiger partial charge on any atom is -0.354 e. The van der Waals surface area contributed by atoms with E-state index in [1.165, 1.54) is 13.0 Å². The van der Waals surface area contributed by atoms with Crippen molar-refractivity contribution < 1.29 is 4.79 Å². The number of hydrogen-bond acceptors (Lipinski definition) is 3. The lowest BCUT2D eigenvalue weighted by Crippen LogP contribution is -2.48. The first-order chi connectivity index (χ1) is 13.5. The van der Waals surface area contributed by atoms with E-state index in [1.54, 1.807) is 7.05 Å². The van der Waals surface area contributed by atoms with Crippen LogP contribution in [0.1, 0.15) is 62.4 Å². The number of carbonyl (C=O) groups excluding carboxylic acids is 1. The fourth-order valence-corrected chi connectivity index (χ4v) is 3.42. The molecule has 1 atom stereocenters. The third-order valence-electron chi connectivity index (χ3n) is 5.33. The molecule has 0 radical (unpaired) electrons. The molecule has 0 saturated carbocycles. The van der Waals surface area contributed by atoms with E-state index in [2.05, 4.69) is 39.7 Å². The quantitative estimate of drug-likeness (QED) is 0.282. The highest BCUT2D eigenvalue weighted by Crippen LogP contribution is 2.11. The van der Waals surface area contributed by atoms with Gasteiger partial charge in [0.25, 0.3) is 5.91 Å². The Bertz CT molecular complexity index is 644. The molecular formula is C22H38IN5O. The minimum atomic E-state index is -0.0162. The normalized spacial score (nSPS) is 16.6. The molecule has 1 amide bonds. The Hall–Kier alpha value is -1.35. The first-order valence-electron chi connectivity index (χ1n) is 10.6. The molecule has 7 heteroatoms. The Labute approximate surface area is 193 Å². The molecule has 1 saturated heterocycles. The summed E-state index contributed by atoms with van der Waals surface area (Å²) in [5.41, 5.74) is 1.77. The fourth-order valence-electron chi connectivity index (χ4n) is 3.42. The van der Waals surface area contributed by atoms with E-state index < -0.39 is 0 Å². The molecule has 1 heterocycles. The molecule has 1 fully saturated rings. The molecule has 1 aliphatic rings. The summed E-state index contributed by atoms with van der Waals surface area (Å²) < 4.78 is 0. The molecule has 1 unspecified atom stereocenters. The number of amides is 1. The first-order valence-corrected chi connectivity index (χ1v) is 10.6. The van der Waals surface area contributed by atoms with Crippen molar-refractivity contribution in [2.24, 2.45) is 4.99 Å². The standard InChI is InChI=1S/C22H37N5O.HI/c1-5-12-27-13-10-20(11-14-27)26-22(23-4)24-16-18-8-7-9-19(15-18)21(28)25-17(3)6-2;/h7-9,15,17,20H,5-6,10-14,16H2,1-4H3,(H,25,28)(H2,23,24,26);1H. The maximum atomic E-state index is 12.3. The zero-order valence-corrected chi connectivity index (χ0v) is 20.7. The van der Waals surface area contributed by atoms with Crippen LogP contribution in [0.15, 0.2) is 29.3 Å². The fraction of sp³-hybridized carbons (Fsp3) is 0.636. The number of halogens is 1. The summed E-state index contributed by atoms with van der Waals surface area (Å²) in [4.78, 5) is 19.2. The second-order valence-electron chi connectivity index (χ2n) is 7.67. The number of aliphatic imine (C=N–C) groups is 1. The predicted octanol–water partition coefficient (Wildman–Crippen LogP) is 3.37. The van der Waals surface area contributed by atoms with Crippen LogP contribution in [0.25, 0.3) is 0 Å². The van der Waals surface area contributed by atoms with Gasteiger partial charge in [0.05, 0.1) is 0 Å². The van der Waals surface area contributed by atoms with Crippen LogP contribution in [0.4, 0.5) is 0 Å². The number of likely N-dealkylation sites (tertiary alicyclic amines) is 1. The highest BCUT2D eigenvalue weighted by atomic mass is 127. The van der Waals surface area contributed by atoms with Gasteiger partial charge in [-0.3, -0.25) is 9.79 Å². The highest BCUT2D eigenvalue weighted by Gasteiger charge is 2.19. The average molecular weight is 515 g/mol. The van der Waals surface area contributed by atoms with Crippen LogP contribution in [-0.4, -0.2) is 55.5 Å². The van der Waals surface area contributed by atoms with Crippen LogP contribution in [0.3, 0.4) is 0 Å². The number of guanidine groups is 1. The van der Waals surface area contributed by atoms with E-state index in [-0.39, 0.29) is 35.9 Å². The molecule has 1 aromatic carbocycles. The molecule has 1 aliphatic heterocycles. The van der Waals surface area contributed by atoms with Crippen LogP contribution in [-0.2, 0) is 6.54 Å². The summed E-state index contributed by atoms with van der Waals surface area (Å²) in [5.74, 6) is 0.806. The minimum absolute atomic E-state index is 0. The number of benzene rings is 1. The number of carbonyl (C=O) groups is 1. The number of piperidine rings is 1. The van der Waals surface area contributed by atoms with Crippen LogP contribution < -0.4 is 16.0 Å². The van der Waals surface area contributed by atoms with E-state index in [0.717, 1.165) is 43.9 Å². The van der Waals surface area contributed by atoms with Gasteiger partial charge in [-0.15, -0.1) is 24.0 Å². The number of rotatable bonds is 8. The van der Waals surface area contributed by atoms with Gasteiger partial charge in [-0.05, 0) is 56.8 Å². The van der Waals surface area contributed by atoms with Crippen molar-refractivity contribution in [3.8, 4) is 0 Å². The van der Waals surface area contributed by atoms with Crippen molar-refractivity contribution in [1.82, 2.24) is 20.9 Å². The van der Waals surface area contributed by atoms with Crippen LogP contribution >= 0.6 is 24.0 Å². The largest absolute Gasteiger partial charge is 0.354 e. The van der Waals surface area contributed by atoms with Crippen LogP contribution in [0, 0.1) is 0 Å². The maximum absolute atomic E-state index is 12.3. The lowest BCUT2D eigenvalue weighted by Gasteiger charge is -2.32. The second kappa shape index (κ2) is 13.8. The van der Waals surface area contributed by atoms with Crippen molar-refractivity contribution in [3.63, 3.8) is 0 Å². The highest BCUT2D eigenvalue weighted by molar-refractivity contribution is 14.0.